The Hall–Kier alpha value is -3.03. The van der Waals surface area contributed by atoms with Crippen molar-refractivity contribution in [3.05, 3.63) is 83.9 Å². The van der Waals surface area contributed by atoms with Crippen LogP contribution < -0.4 is 0 Å². The average Bonchev–Trinajstić information content (AvgIpc) is 3.20. The molecule has 29 heavy (non-hydrogen) atoms. The molecule has 0 radical (unpaired) electrons. The molecule has 3 aromatic rings. The van der Waals surface area contributed by atoms with E-state index in [4.69, 9.17) is 4.74 Å². The molecule has 0 spiro atoms. The molecule has 1 aliphatic rings. The van der Waals surface area contributed by atoms with Gasteiger partial charge in [-0.2, -0.15) is 5.10 Å². The molecule has 2 aromatic heterocycles. The number of hydrogen-bond acceptors (Lipinski definition) is 5. The summed E-state index contributed by atoms with van der Waals surface area (Å²) in [6.07, 6.45) is 5.19. The highest BCUT2D eigenvalue weighted by Crippen LogP contribution is 2.15. The van der Waals surface area contributed by atoms with Crippen molar-refractivity contribution >= 4 is 5.91 Å². The number of H-pyrrole nitrogens is 1. The van der Waals surface area contributed by atoms with Gasteiger partial charge in [0.05, 0.1) is 19.3 Å². The van der Waals surface area contributed by atoms with E-state index in [1.165, 1.54) is 0 Å². The maximum Gasteiger partial charge on any atom is 0.237 e. The zero-order chi connectivity index (χ0) is 19.9. The van der Waals surface area contributed by atoms with Gasteiger partial charge in [0.15, 0.2) is 0 Å². The van der Waals surface area contributed by atoms with Gasteiger partial charge in [-0.25, -0.2) is 0 Å². The summed E-state index contributed by atoms with van der Waals surface area (Å²) in [5.74, 6) is 0.0965. The van der Waals surface area contributed by atoms with Gasteiger partial charge < -0.3 is 9.64 Å². The molecule has 7 heteroatoms. The molecule has 0 unspecified atom stereocenters. The second-order valence-electron chi connectivity index (χ2n) is 7.31. The van der Waals surface area contributed by atoms with Crippen LogP contribution in [0.25, 0.3) is 0 Å². The molecule has 1 aromatic carbocycles. The molecule has 1 fully saturated rings. The predicted octanol–water partition coefficient (Wildman–Crippen LogP) is 2.23. The van der Waals surface area contributed by atoms with Gasteiger partial charge in [0.25, 0.3) is 0 Å². The lowest BCUT2D eigenvalue weighted by Crippen LogP contribution is -2.37. The normalized spacial score (nSPS) is 18.0. The standard InChI is InChI=1S/C22H25N5O2/c28-22-16-26(13-20-8-10-24-25-20)14-21(29-17-18-5-2-1-3-6-18)15-27(22)12-19-7-4-9-23-11-19/h1-11,21H,12-17H2,(H,24,25)/t21-/m1/s1. The molecule has 1 aliphatic heterocycles. The van der Waals surface area contributed by atoms with Gasteiger partial charge in [-0.3, -0.25) is 19.8 Å². The maximum absolute atomic E-state index is 13.0. The summed E-state index contributed by atoms with van der Waals surface area (Å²) in [7, 11) is 0. The fourth-order valence-corrected chi connectivity index (χ4v) is 3.54. The molecule has 4 rings (SSSR count). The maximum atomic E-state index is 13.0. The van der Waals surface area contributed by atoms with Crippen LogP contribution in [-0.2, 0) is 29.2 Å². The van der Waals surface area contributed by atoms with Crippen LogP contribution in [0, 0.1) is 0 Å². The zero-order valence-electron chi connectivity index (χ0n) is 16.3. The largest absolute Gasteiger partial charge is 0.370 e. The third-order valence-corrected chi connectivity index (χ3v) is 4.97. The van der Waals surface area contributed by atoms with Crippen molar-refractivity contribution in [3.63, 3.8) is 0 Å². The third kappa shape index (κ3) is 5.49. The van der Waals surface area contributed by atoms with Crippen LogP contribution in [0.3, 0.4) is 0 Å². The first-order valence-electron chi connectivity index (χ1n) is 9.79. The Morgan fingerprint density at radius 2 is 1.86 bits per heavy atom. The molecule has 150 valence electrons. The van der Waals surface area contributed by atoms with E-state index in [2.05, 4.69) is 32.2 Å². The van der Waals surface area contributed by atoms with Crippen molar-refractivity contribution in [3.8, 4) is 0 Å². The van der Waals surface area contributed by atoms with E-state index in [1.54, 1.807) is 18.6 Å². The van der Waals surface area contributed by atoms with Crippen molar-refractivity contribution in [2.45, 2.75) is 25.8 Å². The molecule has 1 N–H and O–H groups in total. The van der Waals surface area contributed by atoms with Crippen LogP contribution in [0.4, 0.5) is 0 Å². The van der Waals surface area contributed by atoms with Crippen LogP contribution in [0.2, 0.25) is 0 Å². The zero-order valence-corrected chi connectivity index (χ0v) is 16.3. The summed E-state index contributed by atoms with van der Waals surface area (Å²) in [5.41, 5.74) is 3.13. The van der Waals surface area contributed by atoms with Gasteiger partial charge in [-0.15, -0.1) is 0 Å². The van der Waals surface area contributed by atoms with Crippen molar-refractivity contribution in [2.24, 2.45) is 0 Å². The highest BCUT2D eigenvalue weighted by molar-refractivity contribution is 5.78. The molecule has 0 bridgehead atoms. The van der Waals surface area contributed by atoms with Crippen molar-refractivity contribution in [1.82, 2.24) is 25.0 Å². The molecule has 7 nitrogen and oxygen atoms in total. The van der Waals surface area contributed by atoms with E-state index in [9.17, 15) is 4.79 Å². The van der Waals surface area contributed by atoms with Gasteiger partial charge >= 0.3 is 0 Å². The number of benzene rings is 1. The molecule has 1 amide bonds. The topological polar surface area (TPSA) is 74.3 Å². The second kappa shape index (κ2) is 9.45. The summed E-state index contributed by atoms with van der Waals surface area (Å²) in [6, 6.07) is 15.9. The van der Waals surface area contributed by atoms with E-state index >= 15 is 0 Å². The fraction of sp³-hybridized carbons (Fsp3) is 0.318. The molecular weight excluding hydrogens is 366 g/mol. The number of amides is 1. The highest BCUT2D eigenvalue weighted by Gasteiger charge is 2.28. The van der Waals surface area contributed by atoms with Crippen molar-refractivity contribution in [1.29, 1.82) is 0 Å². The quantitative estimate of drug-likeness (QED) is 0.669. The lowest BCUT2D eigenvalue weighted by atomic mass is 10.2. The molecular formula is C22H25N5O2. The van der Waals surface area contributed by atoms with E-state index in [1.807, 2.05) is 41.3 Å². The molecule has 1 saturated heterocycles. The fourth-order valence-electron chi connectivity index (χ4n) is 3.54. The highest BCUT2D eigenvalue weighted by atomic mass is 16.5. The number of carbonyl (C=O) groups excluding carboxylic acids is 1. The van der Waals surface area contributed by atoms with E-state index < -0.39 is 0 Å². The minimum atomic E-state index is -0.0822. The molecule has 0 aliphatic carbocycles. The van der Waals surface area contributed by atoms with Gasteiger partial charge in [0.1, 0.15) is 0 Å². The minimum Gasteiger partial charge on any atom is -0.370 e. The van der Waals surface area contributed by atoms with Crippen LogP contribution >= 0.6 is 0 Å². The van der Waals surface area contributed by atoms with Gasteiger partial charge in [0.2, 0.25) is 5.91 Å². The Bertz CT molecular complexity index is 886. The SMILES string of the molecule is O=C1CN(Cc2ccn[nH]2)C[C@@H](OCc2ccccc2)CN1Cc1cccnc1. The van der Waals surface area contributed by atoms with Crippen LogP contribution in [0.15, 0.2) is 67.1 Å². The molecule has 1 atom stereocenters. The Balaban J connectivity index is 1.47. The predicted molar refractivity (Wildman–Crippen MR) is 109 cm³/mol. The monoisotopic (exact) mass is 391 g/mol. The van der Waals surface area contributed by atoms with Crippen molar-refractivity contribution in [2.75, 3.05) is 19.6 Å². The number of pyridine rings is 1. The van der Waals surface area contributed by atoms with Crippen LogP contribution in [0.1, 0.15) is 16.8 Å². The number of aromatic nitrogens is 3. The van der Waals surface area contributed by atoms with Crippen LogP contribution in [-0.4, -0.2) is 56.6 Å². The Morgan fingerprint density at radius 3 is 2.62 bits per heavy atom. The van der Waals surface area contributed by atoms with Gasteiger partial charge in [-0.1, -0.05) is 36.4 Å². The van der Waals surface area contributed by atoms with Crippen molar-refractivity contribution < 1.29 is 9.53 Å². The van der Waals surface area contributed by atoms with Gasteiger partial charge in [0, 0.05) is 50.5 Å². The number of ether oxygens (including phenoxy) is 1. The summed E-state index contributed by atoms with van der Waals surface area (Å²) >= 11 is 0. The Labute approximate surface area is 170 Å². The lowest BCUT2D eigenvalue weighted by Gasteiger charge is -2.25. The summed E-state index contributed by atoms with van der Waals surface area (Å²) in [5, 5.41) is 6.99. The lowest BCUT2D eigenvalue weighted by molar-refractivity contribution is -0.132. The van der Waals surface area contributed by atoms with E-state index in [0.717, 1.165) is 16.8 Å². The smallest absolute Gasteiger partial charge is 0.237 e. The molecule has 0 saturated carbocycles. The Kier molecular flexibility index (Phi) is 6.29. The van der Waals surface area contributed by atoms with Crippen LogP contribution in [0.5, 0.6) is 0 Å². The van der Waals surface area contributed by atoms with E-state index in [-0.39, 0.29) is 12.0 Å². The third-order valence-electron chi connectivity index (χ3n) is 4.97. The number of hydrogen-bond donors (Lipinski definition) is 1. The number of aromatic amines is 1. The number of nitrogens with zero attached hydrogens (tertiary/aromatic N) is 4. The number of nitrogens with one attached hydrogen (secondary N) is 1. The summed E-state index contributed by atoms with van der Waals surface area (Å²) in [6.45, 7) is 3.29. The summed E-state index contributed by atoms with van der Waals surface area (Å²) < 4.78 is 6.24. The minimum absolute atomic E-state index is 0.0822. The first kappa shape index (κ1) is 19.3. The van der Waals surface area contributed by atoms with E-state index in [0.29, 0.717) is 39.3 Å². The first-order chi connectivity index (χ1) is 14.3. The Morgan fingerprint density at radius 1 is 1.00 bits per heavy atom. The first-order valence-corrected chi connectivity index (χ1v) is 9.79. The second-order valence-corrected chi connectivity index (χ2v) is 7.31. The summed E-state index contributed by atoms with van der Waals surface area (Å²) in [4.78, 5) is 21.1. The van der Waals surface area contributed by atoms with Gasteiger partial charge in [-0.05, 0) is 23.3 Å². The number of rotatable bonds is 7. The number of carbonyl (C=O) groups is 1. The average molecular weight is 391 g/mol. The molecule has 3 heterocycles.